The van der Waals surface area contributed by atoms with Crippen molar-refractivity contribution in [3.63, 3.8) is 0 Å². The van der Waals surface area contributed by atoms with Crippen LogP contribution in [0.25, 0.3) is 11.0 Å². The number of anilines is 1. The summed E-state index contributed by atoms with van der Waals surface area (Å²) < 4.78 is 20.9. The Morgan fingerprint density at radius 1 is 1.31 bits per heavy atom. The highest BCUT2D eigenvalue weighted by Gasteiger charge is 2.47. The monoisotopic (exact) mass is 411 g/mol. The molecule has 7 heteroatoms. The van der Waals surface area contributed by atoms with Crippen LogP contribution in [-0.2, 0) is 4.79 Å². The number of hydrogen-bond donors (Lipinski definition) is 1. The van der Waals surface area contributed by atoms with E-state index in [2.05, 4.69) is 19.2 Å². The van der Waals surface area contributed by atoms with Crippen LogP contribution in [0.2, 0.25) is 0 Å². The van der Waals surface area contributed by atoms with Gasteiger partial charge in [0.15, 0.2) is 0 Å². The van der Waals surface area contributed by atoms with E-state index in [1.165, 1.54) is 18.9 Å². The average Bonchev–Trinajstić information content (AvgIpc) is 3.40. The van der Waals surface area contributed by atoms with Gasteiger partial charge < -0.3 is 14.6 Å². The van der Waals surface area contributed by atoms with Gasteiger partial charge >= 0.3 is 0 Å². The van der Waals surface area contributed by atoms with Crippen LogP contribution in [0, 0.1) is 17.7 Å². The quantitative estimate of drug-likeness (QED) is 0.491. The summed E-state index contributed by atoms with van der Waals surface area (Å²) in [6.07, 6.45) is 5.19. The fraction of sp³-hybridized carbons (Fsp3) is 0.364. The maximum atomic E-state index is 15.1. The Hall–Kier alpha value is -2.46. The molecule has 1 aromatic heterocycles. The Balaban J connectivity index is 1.43. The number of aromatic amines is 1. The second-order valence-electron chi connectivity index (χ2n) is 8.03. The number of carbonyl (C=O) groups is 1. The predicted octanol–water partition coefficient (Wildman–Crippen LogP) is 4.11. The standard InChI is InChI=1S/C22H23FN3O2P/c1-12-21(26(22(12)27)14-4-5-17-18(8-14)25-11-24-17)20-16(23)9-15(10-19(20)29)28-7-6-13-2-3-13/h4-5,8-13,21H,2-3,6-7,29H2,1H3,(H,24,25)/t12-,21+/m0/s1. The summed E-state index contributed by atoms with van der Waals surface area (Å²) >= 11 is 0. The first-order chi connectivity index (χ1) is 14.0. The molecule has 1 amide bonds. The zero-order valence-corrected chi connectivity index (χ0v) is 17.3. The molecule has 3 aromatic rings. The van der Waals surface area contributed by atoms with Crippen LogP contribution >= 0.6 is 9.24 Å². The topological polar surface area (TPSA) is 58.2 Å². The third kappa shape index (κ3) is 3.29. The number of β-lactam (4-membered cyclic amide) rings is 1. The van der Waals surface area contributed by atoms with Gasteiger partial charge in [0, 0.05) is 17.3 Å². The van der Waals surface area contributed by atoms with Gasteiger partial charge in [0.05, 0.1) is 35.9 Å². The molecule has 5 nitrogen and oxygen atoms in total. The summed E-state index contributed by atoms with van der Waals surface area (Å²) in [4.78, 5) is 21.6. The summed E-state index contributed by atoms with van der Waals surface area (Å²) in [5, 5.41) is 0.724. The van der Waals surface area contributed by atoms with Crippen LogP contribution in [0.4, 0.5) is 10.1 Å². The van der Waals surface area contributed by atoms with Gasteiger partial charge in [0.1, 0.15) is 11.6 Å². The summed E-state index contributed by atoms with van der Waals surface area (Å²) in [6.45, 7) is 2.46. The third-order valence-electron chi connectivity index (χ3n) is 5.98. The minimum absolute atomic E-state index is 0.0153. The SMILES string of the molecule is C[C@@H]1C(=O)N(c2ccc3[nH]cnc3c2)[C@H]1c1c(F)cc(OCCC2CC2)cc1P. The lowest BCUT2D eigenvalue weighted by Gasteiger charge is -2.46. The summed E-state index contributed by atoms with van der Waals surface area (Å²) in [7, 11) is 2.61. The maximum Gasteiger partial charge on any atom is 0.232 e. The smallest absolute Gasteiger partial charge is 0.232 e. The first-order valence-electron chi connectivity index (χ1n) is 10.0. The third-order valence-corrected chi connectivity index (χ3v) is 6.46. The average molecular weight is 411 g/mol. The predicted molar refractivity (Wildman–Crippen MR) is 114 cm³/mol. The molecule has 2 aliphatic rings. The number of aromatic nitrogens is 2. The minimum Gasteiger partial charge on any atom is -0.493 e. The van der Waals surface area contributed by atoms with Gasteiger partial charge in [-0.15, -0.1) is 9.24 Å². The second kappa shape index (κ2) is 7.10. The Morgan fingerprint density at radius 2 is 2.14 bits per heavy atom. The van der Waals surface area contributed by atoms with E-state index in [1.54, 1.807) is 11.2 Å². The van der Waals surface area contributed by atoms with Crippen molar-refractivity contribution in [1.29, 1.82) is 0 Å². The van der Waals surface area contributed by atoms with Crippen molar-refractivity contribution < 1.29 is 13.9 Å². The number of benzene rings is 2. The van der Waals surface area contributed by atoms with Gasteiger partial charge in [-0.1, -0.05) is 19.8 Å². The molecule has 0 bridgehead atoms. The van der Waals surface area contributed by atoms with E-state index in [0.717, 1.165) is 34.4 Å². The maximum absolute atomic E-state index is 15.1. The molecule has 3 atom stereocenters. The van der Waals surface area contributed by atoms with E-state index >= 15 is 4.39 Å². The highest BCUT2D eigenvalue weighted by Crippen LogP contribution is 2.44. The molecule has 1 saturated carbocycles. The van der Waals surface area contributed by atoms with Crippen molar-refractivity contribution in [2.24, 2.45) is 11.8 Å². The van der Waals surface area contributed by atoms with Gasteiger partial charge in [-0.05, 0) is 41.9 Å². The van der Waals surface area contributed by atoms with Crippen LogP contribution < -0.4 is 14.9 Å². The highest BCUT2D eigenvalue weighted by atomic mass is 31.0. The van der Waals surface area contributed by atoms with E-state index < -0.39 is 0 Å². The molecule has 0 spiro atoms. The molecule has 0 radical (unpaired) electrons. The second-order valence-corrected chi connectivity index (χ2v) is 8.66. The van der Waals surface area contributed by atoms with Crippen molar-refractivity contribution in [2.45, 2.75) is 32.2 Å². The number of fused-ring (bicyclic) bond motifs is 1. The van der Waals surface area contributed by atoms with Gasteiger partial charge in [-0.3, -0.25) is 4.79 Å². The molecule has 2 heterocycles. The molecule has 1 aliphatic heterocycles. The lowest BCUT2D eigenvalue weighted by molar-refractivity contribution is -0.129. The molecule has 5 rings (SSSR count). The summed E-state index contributed by atoms with van der Waals surface area (Å²) in [6, 6.07) is 8.55. The first kappa shape index (κ1) is 18.6. The van der Waals surface area contributed by atoms with Gasteiger partial charge in [0.2, 0.25) is 5.91 Å². The Labute approximate surface area is 170 Å². The van der Waals surface area contributed by atoms with E-state index in [-0.39, 0.29) is 23.7 Å². The lowest BCUT2D eigenvalue weighted by Crippen LogP contribution is -2.55. The molecular formula is C22H23FN3O2P. The number of rotatable bonds is 6. The number of nitrogens with one attached hydrogen (secondary N) is 1. The molecule has 150 valence electrons. The van der Waals surface area contributed by atoms with E-state index in [1.807, 2.05) is 31.2 Å². The molecule has 1 saturated heterocycles. The Kier molecular flexibility index (Phi) is 4.54. The number of imidazole rings is 1. The van der Waals surface area contributed by atoms with Gasteiger partial charge in [0.25, 0.3) is 0 Å². The molecule has 1 unspecified atom stereocenters. The van der Waals surface area contributed by atoms with Crippen molar-refractivity contribution in [2.75, 3.05) is 11.5 Å². The molecule has 2 aromatic carbocycles. The number of hydrogen-bond acceptors (Lipinski definition) is 3. The minimum atomic E-state index is -0.355. The summed E-state index contributed by atoms with van der Waals surface area (Å²) in [5.41, 5.74) is 2.93. The molecule has 2 fully saturated rings. The van der Waals surface area contributed by atoms with E-state index in [4.69, 9.17) is 4.74 Å². The fourth-order valence-electron chi connectivity index (χ4n) is 4.13. The number of carbonyl (C=O) groups excluding carboxylic acids is 1. The van der Waals surface area contributed by atoms with Crippen LogP contribution in [0.5, 0.6) is 5.75 Å². The number of amides is 1. The van der Waals surface area contributed by atoms with Crippen molar-refractivity contribution in [3.8, 4) is 5.75 Å². The van der Waals surface area contributed by atoms with Crippen LogP contribution in [-0.4, -0.2) is 22.5 Å². The number of H-pyrrole nitrogens is 1. The van der Waals surface area contributed by atoms with Crippen molar-refractivity contribution in [3.05, 3.63) is 48.0 Å². The number of halogens is 1. The lowest BCUT2D eigenvalue weighted by atomic mass is 9.82. The van der Waals surface area contributed by atoms with Crippen LogP contribution in [0.3, 0.4) is 0 Å². The number of ether oxygens (including phenoxy) is 1. The largest absolute Gasteiger partial charge is 0.493 e. The van der Waals surface area contributed by atoms with E-state index in [9.17, 15) is 4.79 Å². The molecule has 1 aliphatic carbocycles. The molecule has 29 heavy (non-hydrogen) atoms. The zero-order valence-electron chi connectivity index (χ0n) is 16.2. The van der Waals surface area contributed by atoms with Crippen molar-refractivity contribution in [1.82, 2.24) is 9.97 Å². The van der Waals surface area contributed by atoms with Gasteiger partial charge in [-0.2, -0.15) is 0 Å². The van der Waals surface area contributed by atoms with Crippen LogP contribution in [0.1, 0.15) is 37.8 Å². The zero-order chi connectivity index (χ0) is 20.1. The Morgan fingerprint density at radius 3 is 2.90 bits per heavy atom. The van der Waals surface area contributed by atoms with Crippen LogP contribution in [0.15, 0.2) is 36.7 Å². The fourth-order valence-corrected chi connectivity index (χ4v) is 4.60. The van der Waals surface area contributed by atoms with Crippen molar-refractivity contribution >= 4 is 37.2 Å². The first-order valence-corrected chi connectivity index (χ1v) is 10.6. The molecular weight excluding hydrogens is 388 g/mol. The van der Waals surface area contributed by atoms with E-state index in [0.29, 0.717) is 17.9 Å². The number of nitrogens with zero attached hydrogens (tertiary/aromatic N) is 2. The normalized spacial score (nSPS) is 21.5. The van der Waals surface area contributed by atoms with Gasteiger partial charge in [-0.25, -0.2) is 9.37 Å². The Bertz CT molecular complexity index is 1070. The molecule has 1 N–H and O–H groups in total. The highest BCUT2D eigenvalue weighted by molar-refractivity contribution is 7.27. The summed E-state index contributed by atoms with van der Waals surface area (Å²) in [5.74, 6) is 0.671.